The highest BCUT2D eigenvalue weighted by atomic mass is 32.1. The van der Waals surface area contributed by atoms with Crippen molar-refractivity contribution in [3.05, 3.63) is 16.6 Å². The van der Waals surface area contributed by atoms with Crippen molar-refractivity contribution in [3.63, 3.8) is 0 Å². The van der Waals surface area contributed by atoms with E-state index in [9.17, 15) is 0 Å². The van der Waals surface area contributed by atoms with Gasteiger partial charge in [0.05, 0.1) is 5.51 Å². The quantitative estimate of drug-likeness (QED) is 0.872. The Labute approximate surface area is 102 Å². The van der Waals surface area contributed by atoms with Crippen LogP contribution in [0, 0.1) is 0 Å². The molecule has 1 aliphatic carbocycles. The Balaban J connectivity index is 2.08. The SMILES string of the molecule is CN(C)C1(C(N)Cc2cncs2)CCCC1. The molecule has 0 bridgehead atoms. The summed E-state index contributed by atoms with van der Waals surface area (Å²) in [6.07, 6.45) is 8.01. The number of nitrogens with zero attached hydrogens (tertiary/aromatic N) is 2. The molecule has 1 fully saturated rings. The van der Waals surface area contributed by atoms with E-state index in [1.54, 1.807) is 11.3 Å². The van der Waals surface area contributed by atoms with Crippen molar-refractivity contribution in [3.8, 4) is 0 Å². The van der Waals surface area contributed by atoms with Gasteiger partial charge in [0.15, 0.2) is 0 Å². The first-order valence-corrected chi connectivity index (χ1v) is 6.83. The van der Waals surface area contributed by atoms with E-state index in [2.05, 4.69) is 24.0 Å². The van der Waals surface area contributed by atoms with Gasteiger partial charge in [0.2, 0.25) is 0 Å². The Bertz CT molecular complexity index is 315. The highest BCUT2D eigenvalue weighted by molar-refractivity contribution is 7.09. The van der Waals surface area contributed by atoms with Crippen LogP contribution in [0.2, 0.25) is 0 Å². The monoisotopic (exact) mass is 239 g/mol. The van der Waals surface area contributed by atoms with E-state index < -0.39 is 0 Å². The summed E-state index contributed by atoms with van der Waals surface area (Å²) in [5.74, 6) is 0. The van der Waals surface area contributed by atoms with Crippen molar-refractivity contribution >= 4 is 11.3 Å². The van der Waals surface area contributed by atoms with E-state index in [0.29, 0.717) is 0 Å². The second-order valence-electron chi connectivity index (χ2n) is 4.98. The van der Waals surface area contributed by atoms with E-state index in [1.165, 1.54) is 30.6 Å². The van der Waals surface area contributed by atoms with Gasteiger partial charge in [-0.2, -0.15) is 0 Å². The van der Waals surface area contributed by atoms with Crippen molar-refractivity contribution in [1.82, 2.24) is 9.88 Å². The van der Waals surface area contributed by atoms with Gasteiger partial charge in [0, 0.05) is 29.1 Å². The third-order valence-electron chi connectivity index (χ3n) is 3.95. The van der Waals surface area contributed by atoms with Gasteiger partial charge < -0.3 is 10.6 Å². The summed E-state index contributed by atoms with van der Waals surface area (Å²) >= 11 is 1.71. The molecule has 2 rings (SSSR count). The Morgan fingerprint density at radius 3 is 2.69 bits per heavy atom. The summed E-state index contributed by atoms with van der Waals surface area (Å²) in [5.41, 5.74) is 8.54. The number of hydrogen-bond acceptors (Lipinski definition) is 4. The number of hydrogen-bond donors (Lipinski definition) is 1. The van der Waals surface area contributed by atoms with Crippen molar-refractivity contribution in [1.29, 1.82) is 0 Å². The maximum absolute atomic E-state index is 6.44. The summed E-state index contributed by atoms with van der Waals surface area (Å²) < 4.78 is 0. The minimum Gasteiger partial charge on any atom is -0.326 e. The van der Waals surface area contributed by atoms with Gasteiger partial charge >= 0.3 is 0 Å². The molecule has 3 nitrogen and oxygen atoms in total. The molecule has 1 unspecified atom stereocenters. The van der Waals surface area contributed by atoms with E-state index in [4.69, 9.17) is 5.73 Å². The van der Waals surface area contributed by atoms with Crippen molar-refractivity contribution < 1.29 is 0 Å². The first-order valence-electron chi connectivity index (χ1n) is 5.95. The second kappa shape index (κ2) is 4.82. The lowest BCUT2D eigenvalue weighted by Gasteiger charge is -2.41. The van der Waals surface area contributed by atoms with Crippen LogP contribution in [0.3, 0.4) is 0 Å². The van der Waals surface area contributed by atoms with Crippen LogP contribution < -0.4 is 5.73 Å². The average molecular weight is 239 g/mol. The molecular weight excluding hydrogens is 218 g/mol. The Kier molecular flexibility index (Phi) is 3.62. The molecule has 0 aliphatic heterocycles. The highest BCUT2D eigenvalue weighted by Gasteiger charge is 2.41. The lowest BCUT2D eigenvalue weighted by Crippen LogP contribution is -2.56. The maximum Gasteiger partial charge on any atom is 0.0794 e. The summed E-state index contributed by atoms with van der Waals surface area (Å²) in [5, 5.41) is 0. The van der Waals surface area contributed by atoms with E-state index >= 15 is 0 Å². The van der Waals surface area contributed by atoms with Crippen LogP contribution in [0.1, 0.15) is 30.6 Å². The third kappa shape index (κ3) is 2.14. The summed E-state index contributed by atoms with van der Waals surface area (Å²) in [4.78, 5) is 7.76. The zero-order chi connectivity index (χ0) is 11.6. The standard InChI is InChI=1S/C12H21N3S/c1-15(2)12(5-3-4-6-12)11(13)7-10-8-14-9-16-10/h8-9,11H,3-7,13H2,1-2H3. The second-order valence-corrected chi connectivity index (χ2v) is 5.95. The van der Waals surface area contributed by atoms with Crippen LogP contribution in [0.5, 0.6) is 0 Å². The van der Waals surface area contributed by atoms with E-state index in [0.717, 1.165) is 6.42 Å². The highest BCUT2D eigenvalue weighted by Crippen LogP contribution is 2.37. The number of thiazole rings is 1. The summed E-state index contributed by atoms with van der Waals surface area (Å²) in [6.45, 7) is 0. The minimum atomic E-state index is 0.212. The predicted octanol–water partition coefficient (Wildman–Crippen LogP) is 1.89. The van der Waals surface area contributed by atoms with Crippen LogP contribution in [0.4, 0.5) is 0 Å². The maximum atomic E-state index is 6.44. The molecule has 0 amide bonds. The van der Waals surface area contributed by atoms with E-state index in [1.807, 2.05) is 11.7 Å². The number of likely N-dealkylation sites (N-methyl/N-ethyl adjacent to an activating group) is 1. The number of aromatic nitrogens is 1. The zero-order valence-electron chi connectivity index (χ0n) is 10.1. The average Bonchev–Trinajstić information content (AvgIpc) is 2.87. The van der Waals surface area contributed by atoms with Crippen LogP contribution >= 0.6 is 11.3 Å². The predicted molar refractivity (Wildman–Crippen MR) is 68.7 cm³/mol. The lowest BCUT2D eigenvalue weighted by molar-refractivity contribution is 0.123. The molecule has 0 aromatic carbocycles. The molecule has 0 spiro atoms. The van der Waals surface area contributed by atoms with Crippen LogP contribution in [-0.4, -0.2) is 35.6 Å². The molecule has 0 saturated heterocycles. The van der Waals surface area contributed by atoms with Gasteiger partial charge in [-0.1, -0.05) is 12.8 Å². The van der Waals surface area contributed by atoms with E-state index in [-0.39, 0.29) is 11.6 Å². The lowest BCUT2D eigenvalue weighted by atomic mass is 9.85. The molecule has 1 aliphatic rings. The molecule has 1 aromatic rings. The van der Waals surface area contributed by atoms with Crippen LogP contribution in [0.15, 0.2) is 11.7 Å². The molecule has 1 aromatic heterocycles. The number of nitrogens with two attached hydrogens (primary N) is 1. The zero-order valence-corrected chi connectivity index (χ0v) is 11.0. The molecule has 1 atom stereocenters. The smallest absolute Gasteiger partial charge is 0.0794 e. The van der Waals surface area contributed by atoms with Crippen molar-refractivity contribution in [2.45, 2.75) is 43.7 Å². The summed E-state index contributed by atoms with van der Waals surface area (Å²) in [7, 11) is 4.33. The van der Waals surface area contributed by atoms with Crippen LogP contribution in [-0.2, 0) is 6.42 Å². The molecule has 0 radical (unpaired) electrons. The van der Waals surface area contributed by atoms with Gasteiger partial charge in [0.25, 0.3) is 0 Å². The molecule has 4 heteroatoms. The molecule has 2 N–H and O–H groups in total. The Morgan fingerprint density at radius 1 is 1.50 bits per heavy atom. The normalized spacial score (nSPS) is 21.5. The molecule has 90 valence electrons. The van der Waals surface area contributed by atoms with Crippen molar-refractivity contribution in [2.24, 2.45) is 5.73 Å². The first kappa shape index (κ1) is 12.0. The fraction of sp³-hybridized carbons (Fsp3) is 0.750. The van der Waals surface area contributed by atoms with Crippen molar-refractivity contribution in [2.75, 3.05) is 14.1 Å². The molecule has 1 saturated carbocycles. The topological polar surface area (TPSA) is 42.1 Å². The Hall–Kier alpha value is -0.450. The Morgan fingerprint density at radius 2 is 2.19 bits per heavy atom. The fourth-order valence-corrected chi connectivity index (χ4v) is 3.54. The molecular formula is C12H21N3S. The van der Waals surface area contributed by atoms with Crippen LogP contribution in [0.25, 0.3) is 0 Å². The fourth-order valence-electron chi connectivity index (χ4n) is 2.89. The molecule has 16 heavy (non-hydrogen) atoms. The van der Waals surface area contributed by atoms with Gasteiger partial charge in [-0.15, -0.1) is 11.3 Å². The van der Waals surface area contributed by atoms with Gasteiger partial charge in [-0.25, -0.2) is 0 Å². The van der Waals surface area contributed by atoms with Gasteiger partial charge in [-0.3, -0.25) is 4.98 Å². The van der Waals surface area contributed by atoms with Gasteiger partial charge in [0.1, 0.15) is 0 Å². The minimum absolute atomic E-state index is 0.212. The summed E-state index contributed by atoms with van der Waals surface area (Å²) in [6, 6.07) is 0.227. The first-order chi connectivity index (χ1) is 7.65. The third-order valence-corrected chi connectivity index (χ3v) is 4.76. The number of rotatable bonds is 4. The molecule has 1 heterocycles. The largest absolute Gasteiger partial charge is 0.326 e. The van der Waals surface area contributed by atoms with Gasteiger partial charge in [-0.05, 0) is 26.9 Å².